The molecule has 0 heterocycles. The second-order valence-electron chi connectivity index (χ2n) is 9.78. The van der Waals surface area contributed by atoms with Gasteiger partial charge in [-0.15, -0.1) is 0 Å². The number of phenolic OH excluding ortho intramolecular Hbond substituents is 1. The number of hydrogen-bond donors (Lipinski definition) is 1. The third-order valence-electron chi connectivity index (χ3n) is 7.49. The maximum Gasteiger partial charge on any atom is 0.124 e. The van der Waals surface area contributed by atoms with Gasteiger partial charge in [-0.25, -0.2) is 0 Å². The van der Waals surface area contributed by atoms with Crippen molar-refractivity contribution in [3.63, 3.8) is 0 Å². The fourth-order valence-corrected chi connectivity index (χ4v) is 7.03. The molecule has 4 aliphatic rings. The summed E-state index contributed by atoms with van der Waals surface area (Å²) < 4.78 is 0. The summed E-state index contributed by atoms with van der Waals surface area (Å²) in [5, 5.41) is 10.7. The number of phenols is 1. The zero-order chi connectivity index (χ0) is 19.4. The van der Waals surface area contributed by atoms with Gasteiger partial charge in [0.2, 0.25) is 0 Å². The third kappa shape index (κ3) is 3.16. The highest BCUT2D eigenvalue weighted by Gasteiger charge is 2.57. The summed E-state index contributed by atoms with van der Waals surface area (Å²) in [4.78, 5) is 4.83. The van der Waals surface area contributed by atoms with Crippen molar-refractivity contribution in [3.8, 4) is 5.75 Å². The molecule has 3 heteroatoms. The number of nitrogens with zero attached hydrogens (tertiary/aromatic N) is 1. The van der Waals surface area contributed by atoms with Crippen LogP contribution in [-0.2, 0) is 5.41 Å². The lowest BCUT2D eigenvalue weighted by atomic mass is 9.43. The number of halogens is 1. The van der Waals surface area contributed by atoms with Gasteiger partial charge in [0.1, 0.15) is 5.75 Å². The van der Waals surface area contributed by atoms with Crippen LogP contribution in [0.2, 0.25) is 5.02 Å². The molecule has 0 saturated heterocycles. The predicted octanol–water partition coefficient (Wildman–Crippen LogP) is 6.31. The first-order chi connectivity index (χ1) is 13.5. The zero-order valence-corrected chi connectivity index (χ0v) is 17.3. The molecule has 146 valence electrons. The Balaban J connectivity index is 1.41. The first kappa shape index (κ1) is 18.2. The molecule has 4 atom stereocenters. The average Bonchev–Trinajstić information content (AvgIpc) is 2.64. The molecule has 28 heavy (non-hydrogen) atoms. The molecular weight excluding hydrogens is 366 g/mol. The topological polar surface area (TPSA) is 32.6 Å². The van der Waals surface area contributed by atoms with E-state index >= 15 is 0 Å². The maximum absolute atomic E-state index is 10.1. The molecule has 6 rings (SSSR count). The Labute approximate surface area is 172 Å². The van der Waals surface area contributed by atoms with Gasteiger partial charge in [-0.05, 0) is 91.9 Å². The molecule has 0 aromatic heterocycles. The van der Waals surface area contributed by atoms with Crippen molar-refractivity contribution < 1.29 is 5.11 Å². The second-order valence-corrected chi connectivity index (χ2v) is 10.2. The van der Waals surface area contributed by atoms with Gasteiger partial charge in [0, 0.05) is 23.3 Å². The first-order valence-corrected chi connectivity index (χ1v) is 10.9. The largest absolute Gasteiger partial charge is 0.507 e. The van der Waals surface area contributed by atoms with Crippen molar-refractivity contribution in [1.29, 1.82) is 0 Å². The second kappa shape index (κ2) is 6.62. The van der Waals surface area contributed by atoms with E-state index in [0.717, 1.165) is 18.4 Å². The molecule has 0 radical (unpaired) electrons. The minimum atomic E-state index is 0.245. The predicted molar refractivity (Wildman–Crippen MR) is 116 cm³/mol. The SMILES string of the molecule is Cc1ccc(C23C[C@@H]4C[C@@H](CC(CN=Cc5cc(Cl)ccc5O)(C4)C2)C3)cc1. The van der Waals surface area contributed by atoms with Crippen LogP contribution < -0.4 is 0 Å². The van der Waals surface area contributed by atoms with E-state index in [-0.39, 0.29) is 5.75 Å². The van der Waals surface area contributed by atoms with Crippen LogP contribution in [0.5, 0.6) is 5.75 Å². The molecular formula is C25H28ClNO. The number of benzene rings is 2. The molecule has 2 nitrogen and oxygen atoms in total. The molecule has 1 N–H and O–H groups in total. The minimum absolute atomic E-state index is 0.245. The van der Waals surface area contributed by atoms with Crippen LogP contribution >= 0.6 is 11.6 Å². The van der Waals surface area contributed by atoms with E-state index in [4.69, 9.17) is 16.6 Å². The summed E-state index contributed by atoms with van der Waals surface area (Å²) in [6.45, 7) is 3.03. The Morgan fingerprint density at radius 1 is 1.07 bits per heavy atom. The average molecular weight is 394 g/mol. The van der Waals surface area contributed by atoms with Gasteiger partial charge in [0.15, 0.2) is 0 Å². The molecule has 4 bridgehead atoms. The summed E-state index contributed by atoms with van der Waals surface area (Å²) in [7, 11) is 0. The van der Waals surface area contributed by atoms with Crippen molar-refractivity contribution in [2.24, 2.45) is 22.2 Å². The van der Waals surface area contributed by atoms with Crippen LogP contribution in [0.4, 0.5) is 0 Å². The third-order valence-corrected chi connectivity index (χ3v) is 7.73. The normalized spacial score (nSPS) is 33.6. The lowest BCUT2D eigenvalue weighted by molar-refractivity contribution is -0.0663. The molecule has 0 spiro atoms. The monoisotopic (exact) mass is 393 g/mol. The number of rotatable bonds is 4. The van der Waals surface area contributed by atoms with Crippen molar-refractivity contribution in [2.45, 2.75) is 50.9 Å². The fraction of sp³-hybridized carbons (Fsp3) is 0.480. The Kier molecular flexibility index (Phi) is 4.32. The maximum atomic E-state index is 10.1. The van der Waals surface area contributed by atoms with Gasteiger partial charge in [-0.1, -0.05) is 41.4 Å². The summed E-state index contributed by atoms with van der Waals surface area (Å²) in [6, 6.07) is 14.4. The highest BCUT2D eigenvalue weighted by atomic mass is 35.5. The lowest BCUT2D eigenvalue weighted by Gasteiger charge is -2.62. The van der Waals surface area contributed by atoms with Gasteiger partial charge in [0.05, 0.1) is 0 Å². The minimum Gasteiger partial charge on any atom is -0.507 e. The van der Waals surface area contributed by atoms with Crippen LogP contribution in [0.3, 0.4) is 0 Å². The van der Waals surface area contributed by atoms with E-state index in [2.05, 4.69) is 31.2 Å². The molecule has 0 aliphatic heterocycles. The number of aromatic hydroxyl groups is 1. The Hall–Kier alpha value is -1.80. The van der Waals surface area contributed by atoms with E-state index in [1.165, 1.54) is 44.1 Å². The molecule has 0 amide bonds. The van der Waals surface area contributed by atoms with Gasteiger partial charge < -0.3 is 5.11 Å². The molecule has 2 unspecified atom stereocenters. The van der Waals surface area contributed by atoms with Crippen molar-refractivity contribution in [2.75, 3.05) is 6.54 Å². The first-order valence-electron chi connectivity index (χ1n) is 10.5. The molecule has 2 aromatic carbocycles. The van der Waals surface area contributed by atoms with E-state index in [1.807, 2.05) is 6.21 Å². The Bertz CT molecular complexity index is 903. The van der Waals surface area contributed by atoms with Gasteiger partial charge in [0.25, 0.3) is 0 Å². The van der Waals surface area contributed by atoms with Crippen molar-refractivity contribution >= 4 is 17.8 Å². The number of aryl methyl sites for hydroxylation is 1. The van der Waals surface area contributed by atoms with Crippen molar-refractivity contribution in [1.82, 2.24) is 0 Å². The molecule has 2 aromatic rings. The van der Waals surface area contributed by atoms with E-state index in [1.54, 1.807) is 23.8 Å². The Morgan fingerprint density at radius 2 is 1.79 bits per heavy atom. The van der Waals surface area contributed by atoms with Crippen LogP contribution in [0.15, 0.2) is 47.5 Å². The van der Waals surface area contributed by atoms with Gasteiger partial charge in [-0.2, -0.15) is 0 Å². The highest BCUT2D eigenvalue weighted by Crippen LogP contribution is 2.65. The van der Waals surface area contributed by atoms with Crippen LogP contribution in [0, 0.1) is 24.2 Å². The molecule has 4 fully saturated rings. The quantitative estimate of drug-likeness (QED) is 0.606. The molecule has 4 aliphatic carbocycles. The summed E-state index contributed by atoms with van der Waals surface area (Å²) in [5.74, 6) is 1.93. The van der Waals surface area contributed by atoms with E-state index < -0.39 is 0 Å². The standard InChI is InChI=1S/C25H28ClNO/c1-17-2-4-21(5-3-17)25-12-18-8-19(13-25)11-24(10-18,15-25)16-27-14-20-9-22(26)6-7-23(20)28/h2-7,9,14,18-19,28H,8,10-13,15-16H2,1H3/t18-,19+,24?,25?. The van der Waals surface area contributed by atoms with Gasteiger partial charge in [-0.3, -0.25) is 4.99 Å². The summed E-state index contributed by atoms with van der Waals surface area (Å²) in [6.07, 6.45) is 9.83. The zero-order valence-electron chi connectivity index (χ0n) is 16.5. The summed E-state index contributed by atoms with van der Waals surface area (Å²) in [5.41, 5.74) is 4.28. The smallest absolute Gasteiger partial charge is 0.124 e. The number of hydrogen-bond acceptors (Lipinski definition) is 2. The fourth-order valence-electron chi connectivity index (χ4n) is 6.85. The Morgan fingerprint density at radius 3 is 2.50 bits per heavy atom. The van der Waals surface area contributed by atoms with Gasteiger partial charge >= 0.3 is 0 Å². The van der Waals surface area contributed by atoms with Crippen molar-refractivity contribution in [3.05, 3.63) is 64.2 Å². The lowest BCUT2D eigenvalue weighted by Crippen LogP contribution is -2.55. The van der Waals surface area contributed by atoms with Crippen LogP contribution in [0.25, 0.3) is 0 Å². The van der Waals surface area contributed by atoms with Crippen LogP contribution in [-0.4, -0.2) is 17.9 Å². The van der Waals surface area contributed by atoms with E-state index in [0.29, 0.717) is 21.4 Å². The highest BCUT2D eigenvalue weighted by molar-refractivity contribution is 6.30. The molecule has 4 saturated carbocycles. The van der Waals surface area contributed by atoms with E-state index in [9.17, 15) is 5.11 Å². The number of aliphatic imine (C=N–C) groups is 1. The summed E-state index contributed by atoms with van der Waals surface area (Å²) >= 11 is 6.08. The van der Waals surface area contributed by atoms with Crippen LogP contribution in [0.1, 0.15) is 55.2 Å².